The number of aromatic nitrogens is 1. The molecule has 200 valence electrons. The molecule has 5 rings (SSSR count). The van der Waals surface area contributed by atoms with Crippen LogP contribution in [-0.2, 0) is 17.8 Å². The SMILES string of the molecule is COc1cc(-c2ccc(COc3ccc4c(c3)[C@@H](CC(=O)O)CCC4)cc2[C@H]2CCCC2(C)C)c(F)cn1. The van der Waals surface area contributed by atoms with Gasteiger partial charge in [-0.15, -0.1) is 0 Å². The summed E-state index contributed by atoms with van der Waals surface area (Å²) in [6, 6.07) is 13.9. The molecule has 5 nitrogen and oxygen atoms in total. The molecule has 1 heterocycles. The lowest BCUT2D eigenvalue weighted by Gasteiger charge is -2.30. The van der Waals surface area contributed by atoms with Crippen LogP contribution in [-0.4, -0.2) is 23.2 Å². The van der Waals surface area contributed by atoms with E-state index in [9.17, 15) is 14.3 Å². The van der Waals surface area contributed by atoms with Crippen LogP contribution in [0.2, 0.25) is 0 Å². The zero-order chi connectivity index (χ0) is 26.9. The van der Waals surface area contributed by atoms with Gasteiger partial charge >= 0.3 is 5.97 Å². The van der Waals surface area contributed by atoms with Gasteiger partial charge in [0.1, 0.15) is 18.2 Å². The molecule has 2 aromatic carbocycles. The molecule has 1 aromatic heterocycles. The molecule has 0 radical (unpaired) electrons. The third kappa shape index (κ3) is 5.40. The number of carbonyl (C=O) groups is 1. The summed E-state index contributed by atoms with van der Waals surface area (Å²) in [5.41, 5.74) is 5.96. The van der Waals surface area contributed by atoms with Gasteiger partial charge in [-0.05, 0) is 89.3 Å². The Morgan fingerprint density at radius 2 is 1.92 bits per heavy atom. The average molecular weight is 518 g/mol. The van der Waals surface area contributed by atoms with Gasteiger partial charge in [0.2, 0.25) is 5.88 Å². The Bertz CT molecular complexity index is 1340. The summed E-state index contributed by atoms with van der Waals surface area (Å²) in [5.74, 6) is 0.340. The van der Waals surface area contributed by atoms with E-state index >= 15 is 0 Å². The standard InChI is InChI=1S/C32H36FNO4/c1-32(2)13-5-8-28(32)26-14-20(9-12-24(26)27-17-30(37-3)34-18-29(27)33)19-38-23-11-10-21-6-4-7-22(15-31(35)36)25(21)16-23/h9-12,14,16-18,22,28H,4-8,13,15,19H2,1-3H3,(H,35,36)/t22-,28-/m1/s1. The van der Waals surface area contributed by atoms with Crippen LogP contribution in [0.1, 0.15) is 86.5 Å². The highest BCUT2D eigenvalue weighted by atomic mass is 19.1. The molecule has 3 aromatic rings. The van der Waals surface area contributed by atoms with Crippen LogP contribution >= 0.6 is 0 Å². The van der Waals surface area contributed by atoms with Crippen molar-refractivity contribution in [2.45, 2.75) is 77.2 Å². The second-order valence-corrected chi connectivity index (χ2v) is 11.4. The van der Waals surface area contributed by atoms with Gasteiger partial charge in [-0.2, -0.15) is 0 Å². The number of halogens is 1. The Kier molecular flexibility index (Phi) is 7.42. The maximum absolute atomic E-state index is 15.0. The summed E-state index contributed by atoms with van der Waals surface area (Å²) in [6.45, 7) is 4.97. The predicted octanol–water partition coefficient (Wildman–Crippen LogP) is 7.66. The minimum Gasteiger partial charge on any atom is -0.489 e. The summed E-state index contributed by atoms with van der Waals surface area (Å²) in [7, 11) is 1.54. The summed E-state index contributed by atoms with van der Waals surface area (Å²) in [4.78, 5) is 15.4. The van der Waals surface area contributed by atoms with Crippen LogP contribution in [0, 0.1) is 11.2 Å². The fourth-order valence-corrected chi connectivity index (χ4v) is 6.43. The van der Waals surface area contributed by atoms with E-state index in [0.29, 0.717) is 24.0 Å². The summed E-state index contributed by atoms with van der Waals surface area (Å²) < 4.78 is 26.5. The monoisotopic (exact) mass is 517 g/mol. The summed E-state index contributed by atoms with van der Waals surface area (Å²) in [5, 5.41) is 9.35. The van der Waals surface area contributed by atoms with E-state index in [1.54, 1.807) is 6.07 Å². The van der Waals surface area contributed by atoms with Crippen molar-refractivity contribution in [2.24, 2.45) is 5.41 Å². The lowest BCUT2D eigenvalue weighted by Crippen LogP contribution is -2.17. The van der Waals surface area contributed by atoms with E-state index < -0.39 is 5.97 Å². The van der Waals surface area contributed by atoms with Gasteiger partial charge in [-0.25, -0.2) is 9.37 Å². The molecule has 38 heavy (non-hydrogen) atoms. The van der Waals surface area contributed by atoms with Crippen LogP contribution < -0.4 is 9.47 Å². The molecule has 6 heteroatoms. The average Bonchev–Trinajstić information content (AvgIpc) is 3.26. The van der Waals surface area contributed by atoms with Gasteiger partial charge in [0.25, 0.3) is 0 Å². The molecule has 0 spiro atoms. The molecule has 1 saturated carbocycles. The third-order valence-corrected chi connectivity index (χ3v) is 8.46. The van der Waals surface area contributed by atoms with Crippen molar-refractivity contribution < 1.29 is 23.8 Å². The smallest absolute Gasteiger partial charge is 0.303 e. The fraction of sp³-hybridized carbons (Fsp3) is 0.438. The number of hydrogen-bond donors (Lipinski definition) is 1. The first kappa shape index (κ1) is 26.2. The van der Waals surface area contributed by atoms with Crippen LogP contribution in [0.3, 0.4) is 0 Å². The number of aryl methyl sites for hydroxylation is 1. The summed E-state index contributed by atoms with van der Waals surface area (Å²) in [6.07, 6.45) is 7.59. The molecule has 2 aliphatic rings. The number of carboxylic acids is 1. The van der Waals surface area contributed by atoms with E-state index in [2.05, 4.69) is 31.0 Å². The van der Waals surface area contributed by atoms with Gasteiger partial charge in [0, 0.05) is 11.6 Å². The van der Waals surface area contributed by atoms with Gasteiger partial charge in [-0.3, -0.25) is 4.79 Å². The van der Waals surface area contributed by atoms with Gasteiger partial charge in [-0.1, -0.05) is 44.5 Å². The lowest BCUT2D eigenvalue weighted by atomic mass is 9.75. The zero-order valence-electron chi connectivity index (χ0n) is 22.4. The third-order valence-electron chi connectivity index (χ3n) is 8.46. The maximum Gasteiger partial charge on any atom is 0.303 e. The molecule has 0 aliphatic heterocycles. The second kappa shape index (κ2) is 10.8. The highest BCUT2D eigenvalue weighted by Gasteiger charge is 2.37. The maximum atomic E-state index is 15.0. The first-order chi connectivity index (χ1) is 18.2. The Morgan fingerprint density at radius 1 is 1.08 bits per heavy atom. The Balaban J connectivity index is 1.45. The van der Waals surface area contributed by atoms with Gasteiger partial charge in [0.15, 0.2) is 0 Å². The summed E-state index contributed by atoms with van der Waals surface area (Å²) >= 11 is 0. The van der Waals surface area contributed by atoms with Crippen molar-refractivity contribution in [3.8, 4) is 22.8 Å². The predicted molar refractivity (Wildman–Crippen MR) is 145 cm³/mol. The molecule has 1 fully saturated rings. The normalized spacial score (nSPS) is 20.1. The molecular formula is C32H36FNO4. The molecule has 0 saturated heterocycles. The molecule has 1 N–H and O–H groups in total. The number of fused-ring (bicyclic) bond motifs is 1. The molecule has 0 bridgehead atoms. The first-order valence-corrected chi connectivity index (χ1v) is 13.6. The number of hydrogen-bond acceptors (Lipinski definition) is 4. The zero-order valence-corrected chi connectivity index (χ0v) is 22.4. The molecule has 2 atom stereocenters. The van der Waals surface area contributed by atoms with E-state index in [-0.39, 0.29) is 23.6 Å². The Labute approximate surface area is 224 Å². The number of aliphatic carboxylic acids is 1. The number of pyridine rings is 1. The van der Waals surface area contributed by atoms with E-state index in [0.717, 1.165) is 66.5 Å². The van der Waals surface area contributed by atoms with Crippen LogP contribution in [0.5, 0.6) is 11.6 Å². The Morgan fingerprint density at radius 3 is 2.66 bits per heavy atom. The topological polar surface area (TPSA) is 68.7 Å². The highest BCUT2D eigenvalue weighted by Crippen LogP contribution is 2.51. The van der Waals surface area contributed by atoms with Crippen molar-refractivity contribution >= 4 is 5.97 Å². The number of carboxylic acid groups (broad SMARTS) is 1. The molecule has 2 aliphatic carbocycles. The minimum atomic E-state index is -0.764. The van der Waals surface area contributed by atoms with Crippen molar-refractivity contribution in [1.82, 2.24) is 4.98 Å². The second-order valence-electron chi connectivity index (χ2n) is 11.4. The molecular weight excluding hydrogens is 481 g/mol. The highest BCUT2D eigenvalue weighted by molar-refractivity contribution is 5.70. The van der Waals surface area contributed by atoms with Gasteiger partial charge in [0.05, 0.1) is 19.7 Å². The number of rotatable bonds is 8. The van der Waals surface area contributed by atoms with E-state index in [1.807, 2.05) is 24.3 Å². The van der Waals surface area contributed by atoms with Gasteiger partial charge < -0.3 is 14.6 Å². The van der Waals surface area contributed by atoms with Crippen molar-refractivity contribution in [3.63, 3.8) is 0 Å². The van der Waals surface area contributed by atoms with Crippen LogP contribution in [0.15, 0.2) is 48.7 Å². The minimum absolute atomic E-state index is 0.0301. The van der Waals surface area contributed by atoms with Crippen molar-refractivity contribution in [1.29, 1.82) is 0 Å². The fourth-order valence-electron chi connectivity index (χ4n) is 6.43. The number of benzene rings is 2. The van der Waals surface area contributed by atoms with E-state index in [1.165, 1.54) is 18.9 Å². The van der Waals surface area contributed by atoms with E-state index in [4.69, 9.17) is 9.47 Å². The van der Waals surface area contributed by atoms with Crippen molar-refractivity contribution in [3.05, 3.63) is 76.7 Å². The first-order valence-electron chi connectivity index (χ1n) is 13.6. The number of methoxy groups -OCH3 is 1. The lowest BCUT2D eigenvalue weighted by molar-refractivity contribution is -0.137. The largest absolute Gasteiger partial charge is 0.489 e. The quantitative estimate of drug-likeness (QED) is 0.332. The number of nitrogens with zero attached hydrogens (tertiary/aromatic N) is 1. The van der Waals surface area contributed by atoms with Crippen molar-refractivity contribution in [2.75, 3.05) is 7.11 Å². The Hall–Kier alpha value is -3.41. The molecule has 0 amide bonds. The number of ether oxygens (including phenoxy) is 2. The van der Waals surface area contributed by atoms with Crippen LogP contribution in [0.25, 0.3) is 11.1 Å². The van der Waals surface area contributed by atoms with Crippen LogP contribution in [0.4, 0.5) is 4.39 Å². The molecule has 0 unspecified atom stereocenters.